The van der Waals surface area contributed by atoms with Gasteiger partial charge >= 0.3 is 6.03 Å². The average Bonchev–Trinajstić information content (AvgIpc) is 2.36. The number of carbonyl (C=O) groups excluding carboxylic acids is 2. The van der Waals surface area contributed by atoms with Gasteiger partial charge in [-0.1, -0.05) is 30.3 Å². The third kappa shape index (κ3) is 2.34. The number of hydrogen-bond acceptors (Lipinski definition) is 2. The van der Waals surface area contributed by atoms with Crippen molar-refractivity contribution in [3.8, 4) is 0 Å². The molecule has 1 heterocycles. The minimum Gasteiger partial charge on any atom is -0.331 e. The Morgan fingerprint density at radius 3 is 2.72 bits per heavy atom. The van der Waals surface area contributed by atoms with Crippen LogP contribution in [-0.4, -0.2) is 29.6 Å². The highest BCUT2D eigenvalue weighted by atomic mass is 19.1. The van der Waals surface area contributed by atoms with Crippen molar-refractivity contribution >= 4 is 11.9 Å². The highest BCUT2D eigenvalue weighted by Crippen LogP contribution is 2.21. The summed E-state index contributed by atoms with van der Waals surface area (Å²) in [6.45, 7) is 1.14. The summed E-state index contributed by atoms with van der Waals surface area (Å²) in [5.74, 6) is -0.324. The van der Waals surface area contributed by atoms with Crippen LogP contribution in [0.2, 0.25) is 0 Å². The van der Waals surface area contributed by atoms with Crippen LogP contribution in [0.4, 0.5) is 9.18 Å². The van der Waals surface area contributed by atoms with Gasteiger partial charge in [0.2, 0.25) is 5.91 Å². The lowest BCUT2D eigenvalue weighted by Gasteiger charge is -2.37. The van der Waals surface area contributed by atoms with Crippen molar-refractivity contribution in [2.24, 2.45) is 0 Å². The van der Waals surface area contributed by atoms with Crippen molar-refractivity contribution in [3.05, 3.63) is 35.9 Å². The smallest absolute Gasteiger partial charge is 0.324 e. The first-order chi connectivity index (χ1) is 8.63. The number of alkyl halides is 1. The van der Waals surface area contributed by atoms with E-state index in [-0.39, 0.29) is 18.4 Å². The van der Waals surface area contributed by atoms with E-state index in [9.17, 15) is 14.0 Å². The minimum atomic E-state index is -0.682. The molecule has 0 saturated carbocycles. The van der Waals surface area contributed by atoms with E-state index in [4.69, 9.17) is 0 Å². The molecule has 1 aromatic rings. The number of urea groups is 1. The van der Waals surface area contributed by atoms with Gasteiger partial charge in [0.15, 0.2) is 0 Å². The molecule has 0 radical (unpaired) electrons. The maximum atomic E-state index is 12.5. The van der Waals surface area contributed by atoms with Crippen LogP contribution in [0.3, 0.4) is 0 Å². The number of nitrogens with zero attached hydrogens (tertiary/aromatic N) is 1. The summed E-state index contributed by atoms with van der Waals surface area (Å²) in [6.07, 6.45) is 0.115. The van der Waals surface area contributed by atoms with Gasteiger partial charge in [-0.05, 0) is 12.5 Å². The largest absolute Gasteiger partial charge is 0.331 e. The third-order valence-electron chi connectivity index (χ3n) is 3.08. The van der Waals surface area contributed by atoms with Crippen LogP contribution in [-0.2, 0) is 4.79 Å². The molecule has 0 aromatic heterocycles. The second-order valence-electron chi connectivity index (χ2n) is 4.36. The predicted molar refractivity (Wildman–Crippen MR) is 64.6 cm³/mol. The molecule has 0 spiro atoms. The Balaban J connectivity index is 1.97. The molecule has 3 amide bonds. The second kappa shape index (κ2) is 5.16. The zero-order valence-electron chi connectivity index (χ0n) is 10.1. The molecule has 1 aromatic carbocycles. The second-order valence-corrected chi connectivity index (χ2v) is 4.36. The number of halogens is 1. The number of amides is 3. The topological polar surface area (TPSA) is 49.4 Å². The number of nitrogens with one attached hydrogen (secondary N) is 1. The molecule has 0 bridgehead atoms. The fourth-order valence-corrected chi connectivity index (χ4v) is 1.96. The van der Waals surface area contributed by atoms with Gasteiger partial charge in [-0.3, -0.25) is 9.69 Å². The molecule has 1 aliphatic heterocycles. The van der Waals surface area contributed by atoms with Gasteiger partial charge < -0.3 is 5.32 Å². The molecule has 18 heavy (non-hydrogen) atoms. The lowest BCUT2D eigenvalue weighted by molar-refractivity contribution is -0.141. The van der Waals surface area contributed by atoms with Crippen LogP contribution in [0.1, 0.15) is 24.9 Å². The lowest BCUT2D eigenvalue weighted by Crippen LogP contribution is -2.59. The van der Waals surface area contributed by atoms with Crippen LogP contribution in [0.25, 0.3) is 0 Å². The third-order valence-corrected chi connectivity index (χ3v) is 3.08. The van der Waals surface area contributed by atoms with E-state index >= 15 is 0 Å². The summed E-state index contributed by atoms with van der Waals surface area (Å²) in [4.78, 5) is 24.0. The van der Waals surface area contributed by atoms with Gasteiger partial charge in [-0.25, -0.2) is 9.18 Å². The molecule has 2 unspecified atom stereocenters. The van der Waals surface area contributed by atoms with Crippen LogP contribution >= 0.6 is 0 Å². The van der Waals surface area contributed by atoms with Gasteiger partial charge in [-0.15, -0.1) is 0 Å². The number of rotatable bonds is 3. The maximum absolute atomic E-state index is 12.5. The van der Waals surface area contributed by atoms with Crippen LogP contribution in [0.5, 0.6) is 0 Å². The zero-order valence-corrected chi connectivity index (χ0v) is 10.1. The van der Waals surface area contributed by atoms with Gasteiger partial charge in [-0.2, -0.15) is 0 Å². The van der Waals surface area contributed by atoms with E-state index in [0.717, 1.165) is 10.5 Å². The van der Waals surface area contributed by atoms with E-state index in [0.29, 0.717) is 0 Å². The standard InChI is InChI=1S/C13H15FN2O2/c1-9(10-5-3-2-4-6-10)15-13(18)16-11(8-14)7-12(16)17/h2-6,9,11H,7-8H2,1H3,(H,15,18). The molecule has 1 aliphatic rings. The Bertz CT molecular complexity index is 450. The summed E-state index contributed by atoms with van der Waals surface area (Å²) in [6, 6.07) is 8.06. The number of benzene rings is 1. The number of hydrogen-bond donors (Lipinski definition) is 1. The number of imide groups is 1. The van der Waals surface area contributed by atoms with Gasteiger partial charge in [0, 0.05) is 0 Å². The summed E-state index contributed by atoms with van der Waals surface area (Å²) >= 11 is 0. The van der Waals surface area contributed by atoms with E-state index in [2.05, 4.69) is 5.32 Å². The quantitative estimate of drug-likeness (QED) is 0.834. The van der Waals surface area contributed by atoms with Crippen molar-refractivity contribution < 1.29 is 14.0 Å². The Morgan fingerprint density at radius 1 is 1.50 bits per heavy atom. The van der Waals surface area contributed by atoms with E-state index in [1.807, 2.05) is 37.3 Å². The van der Waals surface area contributed by atoms with Crippen molar-refractivity contribution in [2.75, 3.05) is 6.67 Å². The molecular weight excluding hydrogens is 235 g/mol. The SMILES string of the molecule is CC(NC(=O)N1C(=O)CC1CF)c1ccccc1. The molecule has 1 N–H and O–H groups in total. The monoisotopic (exact) mass is 250 g/mol. The summed E-state index contributed by atoms with van der Waals surface area (Å²) < 4.78 is 12.5. The van der Waals surface area contributed by atoms with E-state index in [1.54, 1.807) is 0 Å². The Labute approximate surface area is 105 Å². The van der Waals surface area contributed by atoms with Gasteiger partial charge in [0.05, 0.1) is 18.5 Å². The van der Waals surface area contributed by atoms with Gasteiger partial charge in [0.1, 0.15) is 6.67 Å². The molecule has 1 fully saturated rings. The minimum absolute atomic E-state index is 0.115. The Morgan fingerprint density at radius 2 is 2.17 bits per heavy atom. The predicted octanol–water partition coefficient (Wildman–Crippen LogP) is 2.03. The summed E-state index contributed by atoms with van der Waals surface area (Å²) in [5, 5.41) is 2.69. The highest BCUT2D eigenvalue weighted by molar-refractivity contribution is 5.99. The van der Waals surface area contributed by atoms with Crippen LogP contribution in [0.15, 0.2) is 30.3 Å². The number of β-lactam (4-membered cyclic amide) rings is 1. The van der Waals surface area contributed by atoms with Crippen molar-refractivity contribution in [1.82, 2.24) is 10.2 Å². The van der Waals surface area contributed by atoms with Crippen molar-refractivity contribution in [1.29, 1.82) is 0 Å². The summed E-state index contributed by atoms with van der Waals surface area (Å²) in [7, 11) is 0. The van der Waals surface area contributed by atoms with Crippen molar-refractivity contribution in [2.45, 2.75) is 25.4 Å². The fourth-order valence-electron chi connectivity index (χ4n) is 1.96. The van der Waals surface area contributed by atoms with E-state index < -0.39 is 18.7 Å². The summed E-state index contributed by atoms with van der Waals surface area (Å²) in [5.41, 5.74) is 0.940. The van der Waals surface area contributed by atoms with Crippen LogP contribution in [0, 0.1) is 0 Å². The molecule has 96 valence electrons. The Kier molecular flexibility index (Phi) is 3.60. The normalized spacial score (nSPS) is 20.2. The molecule has 2 rings (SSSR count). The first kappa shape index (κ1) is 12.5. The zero-order chi connectivity index (χ0) is 13.1. The molecule has 1 saturated heterocycles. The molecule has 0 aliphatic carbocycles. The molecule has 2 atom stereocenters. The van der Waals surface area contributed by atoms with E-state index in [1.165, 1.54) is 0 Å². The fraction of sp³-hybridized carbons (Fsp3) is 0.385. The Hall–Kier alpha value is -1.91. The van der Waals surface area contributed by atoms with Crippen LogP contribution < -0.4 is 5.32 Å². The first-order valence-corrected chi connectivity index (χ1v) is 5.87. The average molecular weight is 250 g/mol. The number of carbonyl (C=O) groups is 2. The highest BCUT2D eigenvalue weighted by Gasteiger charge is 2.41. The molecule has 4 nitrogen and oxygen atoms in total. The maximum Gasteiger partial charge on any atom is 0.324 e. The van der Waals surface area contributed by atoms with Gasteiger partial charge in [0.25, 0.3) is 0 Å². The number of likely N-dealkylation sites (tertiary alicyclic amines) is 1. The molecule has 5 heteroatoms. The first-order valence-electron chi connectivity index (χ1n) is 5.87. The molecular formula is C13H15FN2O2. The van der Waals surface area contributed by atoms with Crippen molar-refractivity contribution in [3.63, 3.8) is 0 Å². The lowest BCUT2D eigenvalue weighted by atomic mass is 10.0.